The molecule has 1 unspecified atom stereocenters. The van der Waals surface area contributed by atoms with Crippen molar-refractivity contribution in [3.63, 3.8) is 0 Å². The Morgan fingerprint density at radius 3 is 2.64 bits per heavy atom. The van der Waals surface area contributed by atoms with Gasteiger partial charge in [-0.25, -0.2) is 14.5 Å². The van der Waals surface area contributed by atoms with Crippen LogP contribution in [0.15, 0.2) is 18.5 Å². The molecule has 0 aliphatic carbocycles. The number of alkyl halides is 3. The van der Waals surface area contributed by atoms with Crippen LogP contribution in [0.1, 0.15) is 36.6 Å². The number of halogens is 3. The van der Waals surface area contributed by atoms with Gasteiger partial charge in [0.2, 0.25) is 5.95 Å². The van der Waals surface area contributed by atoms with Crippen LogP contribution < -0.4 is 21.3 Å². The van der Waals surface area contributed by atoms with Crippen LogP contribution in [0, 0.1) is 6.92 Å². The Hall–Kier alpha value is -3.15. The van der Waals surface area contributed by atoms with Crippen LogP contribution in [0.5, 0.6) is 0 Å². The Labute approximate surface area is 189 Å². The molecule has 1 aliphatic rings. The van der Waals surface area contributed by atoms with E-state index in [2.05, 4.69) is 41.7 Å². The number of fused-ring (bicyclic) bond motifs is 1. The predicted octanol–water partition coefficient (Wildman–Crippen LogP) is 2.55. The molecule has 0 spiro atoms. The van der Waals surface area contributed by atoms with Crippen molar-refractivity contribution in [2.24, 2.45) is 0 Å². The molecule has 3 aromatic heterocycles. The van der Waals surface area contributed by atoms with Crippen LogP contribution in [0.3, 0.4) is 0 Å². The monoisotopic (exact) mass is 463 g/mol. The molecule has 4 rings (SSSR count). The number of rotatable bonds is 7. The minimum absolute atomic E-state index is 0.0135. The molecule has 1 atom stereocenters. The zero-order valence-electron chi connectivity index (χ0n) is 18.7. The van der Waals surface area contributed by atoms with Gasteiger partial charge >= 0.3 is 6.18 Å². The van der Waals surface area contributed by atoms with Gasteiger partial charge in [-0.1, -0.05) is 19.4 Å². The molecule has 3 aromatic rings. The molecule has 0 bridgehead atoms. The molecule has 33 heavy (non-hydrogen) atoms. The molecule has 4 N–H and O–H groups in total. The van der Waals surface area contributed by atoms with Crippen LogP contribution in [-0.2, 0) is 6.42 Å². The first-order valence-corrected chi connectivity index (χ1v) is 11.0. The third kappa shape index (κ3) is 5.10. The zero-order valence-corrected chi connectivity index (χ0v) is 18.7. The Kier molecular flexibility index (Phi) is 6.54. The van der Waals surface area contributed by atoms with E-state index in [1.54, 1.807) is 13.1 Å². The van der Waals surface area contributed by atoms with E-state index in [4.69, 9.17) is 5.73 Å². The lowest BCUT2D eigenvalue weighted by Crippen LogP contribution is -2.44. The van der Waals surface area contributed by atoms with Crippen molar-refractivity contribution in [2.45, 2.75) is 45.3 Å². The number of hydrogen-bond donors (Lipinski definition) is 3. The molecule has 12 heteroatoms. The topological polar surface area (TPSA) is 109 Å². The summed E-state index contributed by atoms with van der Waals surface area (Å²) in [5.74, 6) is 0.795. The highest BCUT2D eigenvalue weighted by Crippen LogP contribution is 2.27. The van der Waals surface area contributed by atoms with Crippen molar-refractivity contribution in [3.8, 4) is 0 Å². The summed E-state index contributed by atoms with van der Waals surface area (Å²) < 4.78 is 41.5. The van der Waals surface area contributed by atoms with Gasteiger partial charge in [0, 0.05) is 38.8 Å². The summed E-state index contributed by atoms with van der Waals surface area (Å²) in [7, 11) is 0. The van der Waals surface area contributed by atoms with Crippen LogP contribution >= 0.6 is 0 Å². The maximum absolute atomic E-state index is 13.3. The fourth-order valence-electron chi connectivity index (χ4n) is 4.03. The number of nitrogen functional groups attached to an aromatic ring is 1. The van der Waals surface area contributed by atoms with E-state index in [1.807, 2.05) is 13.1 Å². The van der Waals surface area contributed by atoms with Gasteiger partial charge in [-0.05, 0) is 24.5 Å². The lowest BCUT2D eigenvalue weighted by Gasteiger charge is -2.29. The SMILES string of the molecule is CCCC(Nc1nc(N)c2ncc(Cc3cnc(N4CCNCC4)c(C)c3)n2n1)C(F)(F)F. The van der Waals surface area contributed by atoms with Gasteiger partial charge in [-0.3, -0.25) is 0 Å². The summed E-state index contributed by atoms with van der Waals surface area (Å²) in [6.07, 6.45) is -0.278. The molecule has 0 radical (unpaired) electrons. The van der Waals surface area contributed by atoms with Gasteiger partial charge in [0.15, 0.2) is 11.5 Å². The Morgan fingerprint density at radius 2 is 1.97 bits per heavy atom. The molecule has 1 aliphatic heterocycles. The van der Waals surface area contributed by atoms with Crippen LogP contribution in [0.4, 0.5) is 30.8 Å². The van der Waals surface area contributed by atoms with E-state index in [1.165, 1.54) is 4.52 Å². The molecule has 178 valence electrons. The third-order valence-electron chi connectivity index (χ3n) is 5.64. The summed E-state index contributed by atoms with van der Waals surface area (Å²) in [5, 5.41) is 9.97. The smallest absolute Gasteiger partial charge is 0.380 e. The fraction of sp³-hybridized carbons (Fsp3) is 0.524. The fourth-order valence-corrected chi connectivity index (χ4v) is 4.03. The first-order valence-electron chi connectivity index (χ1n) is 11.0. The quantitative estimate of drug-likeness (QED) is 0.491. The second-order valence-corrected chi connectivity index (χ2v) is 8.23. The van der Waals surface area contributed by atoms with Crippen LogP contribution in [0.25, 0.3) is 5.65 Å². The average molecular weight is 464 g/mol. The summed E-state index contributed by atoms with van der Waals surface area (Å²) in [4.78, 5) is 15.2. The first kappa shape index (κ1) is 23.0. The van der Waals surface area contributed by atoms with Gasteiger partial charge in [-0.2, -0.15) is 18.2 Å². The highest BCUT2D eigenvalue weighted by molar-refractivity contribution is 5.61. The average Bonchev–Trinajstić information content (AvgIpc) is 3.17. The number of pyridine rings is 1. The van der Waals surface area contributed by atoms with Crippen molar-refractivity contribution < 1.29 is 13.2 Å². The van der Waals surface area contributed by atoms with Crippen molar-refractivity contribution in [2.75, 3.05) is 42.1 Å². The largest absolute Gasteiger partial charge is 0.408 e. The number of aromatic nitrogens is 5. The standard InChI is InChI=1S/C21H28F3N9/c1-3-4-16(21(22,23)24)29-20-30-17(25)19-28-12-15(33(19)31-20)10-14-9-13(2)18(27-11-14)32-7-5-26-6-8-32/h9,11-12,16,26H,3-8,10H2,1-2H3,(H3,25,29,30,31). The number of piperazine rings is 1. The Balaban J connectivity index is 1.59. The molecule has 9 nitrogen and oxygen atoms in total. The van der Waals surface area contributed by atoms with Crippen molar-refractivity contribution in [1.29, 1.82) is 0 Å². The number of nitrogens with zero attached hydrogens (tertiary/aromatic N) is 6. The minimum Gasteiger partial charge on any atom is -0.380 e. The van der Waals surface area contributed by atoms with Crippen LogP contribution in [0.2, 0.25) is 0 Å². The predicted molar refractivity (Wildman–Crippen MR) is 120 cm³/mol. The molecule has 1 fully saturated rings. The molecule has 0 saturated carbocycles. The van der Waals surface area contributed by atoms with E-state index in [0.717, 1.165) is 43.1 Å². The highest BCUT2D eigenvalue weighted by atomic mass is 19.4. The first-order chi connectivity index (χ1) is 15.8. The second-order valence-electron chi connectivity index (χ2n) is 8.23. The van der Waals surface area contributed by atoms with Crippen molar-refractivity contribution in [1.82, 2.24) is 29.9 Å². The van der Waals surface area contributed by atoms with Gasteiger partial charge in [0.1, 0.15) is 11.9 Å². The van der Waals surface area contributed by atoms with E-state index in [9.17, 15) is 13.2 Å². The zero-order chi connectivity index (χ0) is 23.6. The number of nitrogens with two attached hydrogens (primary N) is 1. The Morgan fingerprint density at radius 1 is 1.21 bits per heavy atom. The number of nitrogens with one attached hydrogen (secondary N) is 2. The van der Waals surface area contributed by atoms with E-state index < -0.39 is 12.2 Å². The molecular weight excluding hydrogens is 435 g/mol. The lowest BCUT2D eigenvalue weighted by atomic mass is 10.1. The molecule has 0 aromatic carbocycles. The molecule has 1 saturated heterocycles. The van der Waals surface area contributed by atoms with Gasteiger partial charge < -0.3 is 21.3 Å². The van der Waals surface area contributed by atoms with E-state index >= 15 is 0 Å². The summed E-state index contributed by atoms with van der Waals surface area (Å²) in [6, 6.07) is 0.310. The number of hydrogen-bond acceptors (Lipinski definition) is 8. The number of aryl methyl sites for hydroxylation is 1. The van der Waals surface area contributed by atoms with Gasteiger partial charge in [0.05, 0.1) is 11.9 Å². The molecular formula is C21H28F3N9. The Bertz CT molecular complexity index is 1110. The van der Waals surface area contributed by atoms with Gasteiger partial charge in [-0.15, -0.1) is 5.10 Å². The maximum Gasteiger partial charge on any atom is 0.408 e. The molecule has 4 heterocycles. The van der Waals surface area contributed by atoms with Gasteiger partial charge in [0.25, 0.3) is 0 Å². The molecule has 0 amide bonds. The van der Waals surface area contributed by atoms with Crippen LogP contribution in [-0.4, -0.2) is 63.0 Å². The summed E-state index contributed by atoms with van der Waals surface area (Å²) in [5.41, 5.74) is 8.96. The lowest BCUT2D eigenvalue weighted by molar-refractivity contribution is -0.143. The number of imidazole rings is 1. The second kappa shape index (κ2) is 9.38. The highest BCUT2D eigenvalue weighted by Gasteiger charge is 2.39. The van der Waals surface area contributed by atoms with Crippen molar-refractivity contribution >= 4 is 23.2 Å². The summed E-state index contributed by atoms with van der Waals surface area (Å²) in [6.45, 7) is 7.38. The summed E-state index contributed by atoms with van der Waals surface area (Å²) >= 11 is 0. The van der Waals surface area contributed by atoms with E-state index in [0.29, 0.717) is 24.2 Å². The number of anilines is 3. The van der Waals surface area contributed by atoms with Crippen molar-refractivity contribution in [3.05, 3.63) is 35.3 Å². The van der Waals surface area contributed by atoms with E-state index in [-0.39, 0.29) is 18.2 Å². The third-order valence-corrected chi connectivity index (χ3v) is 5.64. The maximum atomic E-state index is 13.3. The minimum atomic E-state index is -4.42. The normalized spacial score (nSPS) is 15.7.